The molecule has 1 fully saturated rings. The monoisotopic (exact) mass is 310 g/mol. The van der Waals surface area contributed by atoms with E-state index < -0.39 is 0 Å². The molecule has 0 aromatic heterocycles. The van der Waals surface area contributed by atoms with Crippen molar-refractivity contribution in [3.05, 3.63) is 28.2 Å². The predicted molar refractivity (Wildman–Crippen MR) is 82.4 cm³/mol. The van der Waals surface area contributed by atoms with Crippen LogP contribution in [0.3, 0.4) is 0 Å². The lowest BCUT2D eigenvalue weighted by Gasteiger charge is -2.37. The standard InChI is InChI=1S/C15H23BrN2/c1-12-5-6-13(9-14(12)16)18-8-4-7-17-10-15(2,3)11-18/h5-6,9,17H,4,7-8,10-11H2,1-3H3. The number of anilines is 1. The molecular formula is C15H23BrN2. The number of benzene rings is 1. The van der Waals surface area contributed by atoms with Crippen LogP contribution in [0.4, 0.5) is 5.69 Å². The highest BCUT2D eigenvalue weighted by atomic mass is 79.9. The van der Waals surface area contributed by atoms with Crippen molar-refractivity contribution in [1.29, 1.82) is 0 Å². The van der Waals surface area contributed by atoms with Gasteiger partial charge in [-0.3, -0.25) is 0 Å². The molecule has 100 valence electrons. The molecule has 2 rings (SSSR count). The van der Waals surface area contributed by atoms with Gasteiger partial charge in [0.2, 0.25) is 0 Å². The summed E-state index contributed by atoms with van der Waals surface area (Å²) in [5, 5.41) is 3.53. The van der Waals surface area contributed by atoms with Gasteiger partial charge in [-0.2, -0.15) is 0 Å². The second kappa shape index (κ2) is 5.62. The average molecular weight is 311 g/mol. The van der Waals surface area contributed by atoms with E-state index in [2.05, 4.69) is 65.1 Å². The molecule has 0 bridgehead atoms. The molecule has 0 atom stereocenters. The summed E-state index contributed by atoms with van der Waals surface area (Å²) in [6.07, 6.45) is 1.21. The van der Waals surface area contributed by atoms with Crippen molar-refractivity contribution < 1.29 is 0 Å². The maximum atomic E-state index is 3.64. The van der Waals surface area contributed by atoms with Crippen molar-refractivity contribution in [3.63, 3.8) is 0 Å². The van der Waals surface area contributed by atoms with Crippen molar-refractivity contribution in [2.45, 2.75) is 27.2 Å². The molecule has 1 aliphatic heterocycles. The van der Waals surface area contributed by atoms with Crippen LogP contribution < -0.4 is 10.2 Å². The van der Waals surface area contributed by atoms with Crippen molar-refractivity contribution in [2.24, 2.45) is 5.41 Å². The first-order valence-corrected chi connectivity index (χ1v) is 7.49. The summed E-state index contributed by atoms with van der Waals surface area (Å²) in [6.45, 7) is 11.3. The van der Waals surface area contributed by atoms with Gasteiger partial charge in [-0.1, -0.05) is 35.8 Å². The van der Waals surface area contributed by atoms with Crippen LogP contribution in [-0.2, 0) is 0 Å². The molecule has 18 heavy (non-hydrogen) atoms. The first-order valence-electron chi connectivity index (χ1n) is 6.70. The molecule has 1 aromatic rings. The zero-order chi connectivity index (χ0) is 13.2. The molecular weight excluding hydrogens is 288 g/mol. The number of nitrogens with zero attached hydrogens (tertiary/aromatic N) is 1. The van der Waals surface area contributed by atoms with Crippen LogP contribution in [0.15, 0.2) is 22.7 Å². The van der Waals surface area contributed by atoms with Crippen molar-refractivity contribution in [2.75, 3.05) is 31.1 Å². The maximum absolute atomic E-state index is 3.64. The third-order valence-electron chi connectivity index (χ3n) is 3.52. The van der Waals surface area contributed by atoms with Gasteiger partial charge >= 0.3 is 0 Å². The van der Waals surface area contributed by atoms with Crippen LogP contribution >= 0.6 is 15.9 Å². The van der Waals surface area contributed by atoms with E-state index in [1.54, 1.807) is 0 Å². The van der Waals surface area contributed by atoms with E-state index in [4.69, 9.17) is 0 Å². The molecule has 1 saturated heterocycles. The quantitative estimate of drug-likeness (QED) is 0.853. The van der Waals surface area contributed by atoms with Crippen LogP contribution in [0.2, 0.25) is 0 Å². The van der Waals surface area contributed by atoms with Gasteiger partial charge in [0.15, 0.2) is 0 Å². The Hall–Kier alpha value is -0.540. The third kappa shape index (κ3) is 3.48. The fourth-order valence-electron chi connectivity index (χ4n) is 2.47. The van der Waals surface area contributed by atoms with Gasteiger partial charge in [0, 0.05) is 29.8 Å². The van der Waals surface area contributed by atoms with Crippen molar-refractivity contribution in [3.8, 4) is 0 Å². The first-order chi connectivity index (χ1) is 8.48. The fourth-order valence-corrected chi connectivity index (χ4v) is 2.84. The summed E-state index contributed by atoms with van der Waals surface area (Å²) in [4.78, 5) is 2.52. The molecule has 0 spiro atoms. The van der Waals surface area contributed by atoms with E-state index in [9.17, 15) is 0 Å². The van der Waals surface area contributed by atoms with Crippen molar-refractivity contribution >= 4 is 21.6 Å². The second-order valence-electron chi connectivity index (χ2n) is 6.05. The minimum atomic E-state index is 0.317. The van der Waals surface area contributed by atoms with Gasteiger partial charge in [0.25, 0.3) is 0 Å². The highest BCUT2D eigenvalue weighted by molar-refractivity contribution is 9.10. The van der Waals surface area contributed by atoms with Gasteiger partial charge in [-0.05, 0) is 43.0 Å². The molecule has 0 saturated carbocycles. The summed E-state index contributed by atoms with van der Waals surface area (Å²) >= 11 is 3.64. The minimum Gasteiger partial charge on any atom is -0.371 e. The van der Waals surface area contributed by atoms with E-state index in [-0.39, 0.29) is 0 Å². The van der Waals surface area contributed by atoms with Crippen LogP contribution in [0.1, 0.15) is 25.8 Å². The zero-order valence-electron chi connectivity index (χ0n) is 11.6. The van der Waals surface area contributed by atoms with Gasteiger partial charge in [0.1, 0.15) is 0 Å². The molecule has 1 N–H and O–H groups in total. The first kappa shape index (κ1) is 13.9. The number of halogens is 1. The Morgan fingerprint density at radius 1 is 1.33 bits per heavy atom. The minimum absolute atomic E-state index is 0.317. The second-order valence-corrected chi connectivity index (χ2v) is 6.90. The van der Waals surface area contributed by atoms with Crippen LogP contribution in [0.5, 0.6) is 0 Å². The van der Waals surface area contributed by atoms with Gasteiger partial charge < -0.3 is 10.2 Å². The third-order valence-corrected chi connectivity index (χ3v) is 4.38. The van der Waals surface area contributed by atoms with Crippen LogP contribution in [-0.4, -0.2) is 26.2 Å². The van der Waals surface area contributed by atoms with Gasteiger partial charge in [0.05, 0.1) is 0 Å². The Kier molecular flexibility index (Phi) is 4.33. The molecule has 2 nitrogen and oxygen atoms in total. The molecule has 3 heteroatoms. The smallest absolute Gasteiger partial charge is 0.0377 e. The van der Waals surface area contributed by atoms with Crippen LogP contribution in [0.25, 0.3) is 0 Å². The zero-order valence-corrected chi connectivity index (χ0v) is 13.2. The lowest BCUT2D eigenvalue weighted by atomic mass is 9.91. The molecule has 0 unspecified atom stereocenters. The molecule has 1 aliphatic rings. The number of hydrogen-bond acceptors (Lipinski definition) is 2. The van der Waals surface area contributed by atoms with Gasteiger partial charge in [-0.25, -0.2) is 0 Å². The normalized spacial score (nSPS) is 20.3. The highest BCUT2D eigenvalue weighted by Gasteiger charge is 2.23. The number of hydrogen-bond donors (Lipinski definition) is 1. The van der Waals surface area contributed by atoms with E-state index in [1.807, 2.05) is 0 Å². The molecule has 0 radical (unpaired) electrons. The lowest BCUT2D eigenvalue weighted by Crippen LogP contribution is -2.44. The number of aryl methyl sites for hydroxylation is 1. The summed E-state index contributed by atoms with van der Waals surface area (Å²) in [7, 11) is 0. The van der Waals surface area contributed by atoms with E-state index in [0.29, 0.717) is 5.41 Å². The summed E-state index contributed by atoms with van der Waals surface area (Å²) in [5.41, 5.74) is 2.95. The fraction of sp³-hybridized carbons (Fsp3) is 0.600. The Balaban J connectivity index is 2.20. The molecule has 0 aliphatic carbocycles. The maximum Gasteiger partial charge on any atom is 0.0377 e. The summed E-state index contributed by atoms with van der Waals surface area (Å²) in [5.74, 6) is 0. The number of nitrogens with one attached hydrogen (secondary N) is 1. The molecule has 1 aromatic carbocycles. The Labute approximate surface area is 119 Å². The van der Waals surface area contributed by atoms with E-state index in [0.717, 1.165) is 26.2 Å². The average Bonchev–Trinajstić information content (AvgIpc) is 2.28. The summed E-state index contributed by atoms with van der Waals surface area (Å²) < 4.78 is 1.21. The summed E-state index contributed by atoms with van der Waals surface area (Å²) in [6, 6.07) is 6.69. The Morgan fingerprint density at radius 2 is 2.11 bits per heavy atom. The van der Waals surface area contributed by atoms with Gasteiger partial charge in [-0.15, -0.1) is 0 Å². The topological polar surface area (TPSA) is 15.3 Å². The Bertz CT molecular complexity index is 415. The van der Waals surface area contributed by atoms with E-state index in [1.165, 1.54) is 22.1 Å². The predicted octanol–water partition coefficient (Wildman–Crippen LogP) is 3.58. The van der Waals surface area contributed by atoms with Crippen molar-refractivity contribution in [1.82, 2.24) is 5.32 Å². The molecule has 1 heterocycles. The van der Waals surface area contributed by atoms with Crippen LogP contribution in [0, 0.1) is 12.3 Å². The lowest BCUT2D eigenvalue weighted by molar-refractivity contribution is 0.325. The molecule has 0 amide bonds. The highest BCUT2D eigenvalue weighted by Crippen LogP contribution is 2.27. The SMILES string of the molecule is Cc1ccc(N2CCCNCC(C)(C)C2)cc1Br. The van der Waals surface area contributed by atoms with E-state index >= 15 is 0 Å². The Morgan fingerprint density at radius 3 is 2.83 bits per heavy atom. The number of rotatable bonds is 1. The largest absolute Gasteiger partial charge is 0.371 e.